The van der Waals surface area contributed by atoms with Crippen molar-refractivity contribution in [3.8, 4) is 11.5 Å². The molecule has 2 aromatic carbocycles. The number of para-hydroxylation sites is 1. The van der Waals surface area contributed by atoms with Crippen LogP contribution >= 0.6 is 11.6 Å². The van der Waals surface area contributed by atoms with Gasteiger partial charge in [0.1, 0.15) is 5.75 Å². The standard InChI is InChI=1S/C18H19ClN2O5/c1-12(18(22)23)10-20(2)11-13-7-8-17(15(9-13)21(24)25)26-16-6-4-3-5-14(16)19/h3-9,12H,10-11H2,1-2H3,(H,22,23). The third kappa shape index (κ3) is 5.18. The zero-order valence-corrected chi connectivity index (χ0v) is 15.1. The summed E-state index contributed by atoms with van der Waals surface area (Å²) in [6.07, 6.45) is 0. The van der Waals surface area contributed by atoms with E-state index in [9.17, 15) is 14.9 Å². The third-order valence-corrected chi connectivity index (χ3v) is 4.05. The average molecular weight is 379 g/mol. The maximum atomic E-state index is 11.4. The van der Waals surface area contributed by atoms with Crippen molar-refractivity contribution in [1.82, 2.24) is 4.90 Å². The fourth-order valence-corrected chi connectivity index (χ4v) is 2.63. The van der Waals surface area contributed by atoms with E-state index in [2.05, 4.69) is 0 Å². The molecule has 0 spiro atoms. The summed E-state index contributed by atoms with van der Waals surface area (Å²) >= 11 is 6.03. The lowest BCUT2D eigenvalue weighted by molar-refractivity contribution is -0.385. The molecular formula is C18H19ClN2O5. The predicted octanol–water partition coefficient (Wildman–Crippen LogP) is 4.19. The summed E-state index contributed by atoms with van der Waals surface area (Å²) in [6.45, 7) is 2.33. The van der Waals surface area contributed by atoms with E-state index in [1.807, 2.05) is 0 Å². The zero-order chi connectivity index (χ0) is 19.3. The molecule has 0 saturated heterocycles. The fourth-order valence-electron chi connectivity index (χ4n) is 2.46. The van der Waals surface area contributed by atoms with Gasteiger partial charge in [-0.05, 0) is 30.8 Å². The number of hydrogen-bond donors (Lipinski definition) is 1. The number of nitrogens with zero attached hydrogens (tertiary/aromatic N) is 2. The van der Waals surface area contributed by atoms with E-state index in [1.165, 1.54) is 12.1 Å². The molecule has 26 heavy (non-hydrogen) atoms. The van der Waals surface area contributed by atoms with Gasteiger partial charge in [-0.3, -0.25) is 14.9 Å². The molecule has 1 atom stereocenters. The molecule has 1 N–H and O–H groups in total. The monoisotopic (exact) mass is 378 g/mol. The normalized spacial score (nSPS) is 12.0. The first-order valence-corrected chi connectivity index (χ1v) is 8.26. The number of nitro benzene ring substituents is 1. The van der Waals surface area contributed by atoms with Crippen molar-refractivity contribution >= 4 is 23.3 Å². The van der Waals surface area contributed by atoms with E-state index in [1.54, 1.807) is 49.2 Å². The molecule has 0 heterocycles. The Morgan fingerprint density at radius 2 is 2.00 bits per heavy atom. The first kappa shape index (κ1) is 19.7. The van der Waals surface area contributed by atoms with Crippen LogP contribution in [0.5, 0.6) is 11.5 Å². The number of rotatable bonds is 8. The molecule has 7 nitrogen and oxygen atoms in total. The highest BCUT2D eigenvalue weighted by atomic mass is 35.5. The van der Waals surface area contributed by atoms with Gasteiger partial charge in [0, 0.05) is 19.2 Å². The topological polar surface area (TPSA) is 92.9 Å². The molecule has 1 unspecified atom stereocenters. The summed E-state index contributed by atoms with van der Waals surface area (Å²) in [4.78, 5) is 23.6. The lowest BCUT2D eigenvalue weighted by Gasteiger charge is -2.19. The van der Waals surface area contributed by atoms with E-state index < -0.39 is 16.8 Å². The van der Waals surface area contributed by atoms with Crippen LogP contribution in [-0.4, -0.2) is 34.5 Å². The number of aliphatic carboxylic acids is 1. The first-order valence-electron chi connectivity index (χ1n) is 7.89. The first-order chi connectivity index (χ1) is 12.3. The Kier molecular flexibility index (Phi) is 6.54. The predicted molar refractivity (Wildman–Crippen MR) is 97.8 cm³/mol. The van der Waals surface area contributed by atoms with E-state index in [0.717, 1.165) is 0 Å². The molecule has 0 aromatic heterocycles. The Balaban J connectivity index is 2.19. The molecule has 138 valence electrons. The summed E-state index contributed by atoms with van der Waals surface area (Å²) in [7, 11) is 1.76. The minimum Gasteiger partial charge on any atom is -0.481 e. The number of hydrogen-bond acceptors (Lipinski definition) is 5. The fraction of sp³-hybridized carbons (Fsp3) is 0.278. The second-order valence-electron chi connectivity index (χ2n) is 6.03. The Morgan fingerprint density at radius 3 is 2.62 bits per heavy atom. The minimum atomic E-state index is -0.883. The molecule has 0 aliphatic carbocycles. The molecule has 8 heteroatoms. The zero-order valence-electron chi connectivity index (χ0n) is 14.4. The quantitative estimate of drug-likeness (QED) is 0.546. The number of ether oxygens (including phenoxy) is 1. The maximum absolute atomic E-state index is 11.4. The molecule has 0 radical (unpaired) electrons. The van der Waals surface area contributed by atoms with Gasteiger partial charge in [-0.25, -0.2) is 0 Å². The van der Waals surface area contributed by atoms with Crippen LogP contribution in [0.4, 0.5) is 5.69 Å². The Hall–Kier alpha value is -2.64. The molecule has 0 fully saturated rings. The summed E-state index contributed by atoms with van der Waals surface area (Å²) in [5.74, 6) is -0.991. The Morgan fingerprint density at radius 1 is 1.31 bits per heavy atom. The Bertz CT molecular complexity index is 812. The van der Waals surface area contributed by atoms with E-state index in [-0.39, 0.29) is 11.4 Å². The molecule has 0 saturated carbocycles. The number of carbonyl (C=O) groups is 1. The highest BCUT2D eigenvalue weighted by Gasteiger charge is 2.19. The van der Waals surface area contributed by atoms with Gasteiger partial charge in [0.05, 0.1) is 15.9 Å². The average Bonchev–Trinajstić information content (AvgIpc) is 2.57. The van der Waals surface area contributed by atoms with Crippen molar-refractivity contribution in [2.24, 2.45) is 5.92 Å². The second-order valence-corrected chi connectivity index (χ2v) is 6.43. The Labute approximate surface area is 155 Å². The van der Waals surface area contributed by atoms with Gasteiger partial charge in [-0.1, -0.05) is 36.7 Å². The van der Waals surface area contributed by atoms with Crippen LogP contribution in [-0.2, 0) is 11.3 Å². The number of nitro groups is 1. The van der Waals surface area contributed by atoms with Gasteiger partial charge < -0.3 is 14.7 Å². The van der Waals surface area contributed by atoms with Crippen LogP contribution < -0.4 is 4.74 Å². The van der Waals surface area contributed by atoms with Crippen LogP contribution in [0.1, 0.15) is 12.5 Å². The van der Waals surface area contributed by atoms with Crippen LogP contribution in [0.15, 0.2) is 42.5 Å². The summed E-state index contributed by atoms with van der Waals surface area (Å²) in [6, 6.07) is 11.4. The van der Waals surface area contributed by atoms with Crippen molar-refractivity contribution in [2.75, 3.05) is 13.6 Å². The van der Waals surface area contributed by atoms with Gasteiger partial charge in [-0.2, -0.15) is 0 Å². The molecule has 0 bridgehead atoms. The van der Waals surface area contributed by atoms with Crippen molar-refractivity contribution in [1.29, 1.82) is 0 Å². The van der Waals surface area contributed by atoms with E-state index in [0.29, 0.717) is 29.4 Å². The number of benzene rings is 2. The van der Waals surface area contributed by atoms with Crippen LogP contribution in [0.3, 0.4) is 0 Å². The number of carboxylic acids is 1. The van der Waals surface area contributed by atoms with Crippen molar-refractivity contribution in [2.45, 2.75) is 13.5 Å². The van der Waals surface area contributed by atoms with Crippen molar-refractivity contribution < 1.29 is 19.6 Å². The lowest BCUT2D eigenvalue weighted by Crippen LogP contribution is -2.28. The maximum Gasteiger partial charge on any atom is 0.311 e. The second kappa shape index (κ2) is 8.64. The van der Waals surface area contributed by atoms with Crippen molar-refractivity contribution in [3.63, 3.8) is 0 Å². The number of carboxylic acid groups (broad SMARTS) is 1. The highest BCUT2D eigenvalue weighted by molar-refractivity contribution is 6.32. The van der Waals surface area contributed by atoms with Gasteiger partial charge in [0.15, 0.2) is 0 Å². The van der Waals surface area contributed by atoms with Gasteiger partial charge >= 0.3 is 11.7 Å². The van der Waals surface area contributed by atoms with Gasteiger partial charge in [0.25, 0.3) is 0 Å². The molecule has 0 aliphatic rings. The smallest absolute Gasteiger partial charge is 0.311 e. The van der Waals surface area contributed by atoms with Crippen molar-refractivity contribution in [3.05, 3.63) is 63.2 Å². The molecule has 0 aliphatic heterocycles. The minimum absolute atomic E-state index is 0.0911. The van der Waals surface area contributed by atoms with E-state index >= 15 is 0 Å². The summed E-state index contributed by atoms with van der Waals surface area (Å²) in [5, 5.41) is 20.7. The number of halogens is 1. The molecule has 2 aromatic rings. The lowest BCUT2D eigenvalue weighted by atomic mass is 10.1. The van der Waals surface area contributed by atoms with Crippen LogP contribution in [0.2, 0.25) is 5.02 Å². The molecule has 0 amide bonds. The van der Waals surface area contributed by atoms with Gasteiger partial charge in [-0.15, -0.1) is 0 Å². The molecular weight excluding hydrogens is 360 g/mol. The highest BCUT2D eigenvalue weighted by Crippen LogP contribution is 2.35. The SMILES string of the molecule is CC(CN(C)Cc1ccc(Oc2ccccc2Cl)c([N+](=O)[O-])c1)C(=O)O. The largest absolute Gasteiger partial charge is 0.481 e. The van der Waals surface area contributed by atoms with E-state index in [4.69, 9.17) is 21.4 Å². The van der Waals surface area contributed by atoms with Gasteiger partial charge in [0.2, 0.25) is 5.75 Å². The summed E-state index contributed by atoms with van der Waals surface area (Å²) in [5.41, 5.74) is 0.505. The summed E-state index contributed by atoms with van der Waals surface area (Å²) < 4.78 is 5.59. The van der Waals surface area contributed by atoms with Crippen LogP contribution in [0, 0.1) is 16.0 Å². The van der Waals surface area contributed by atoms with Crippen LogP contribution in [0.25, 0.3) is 0 Å². The molecule has 2 rings (SSSR count). The third-order valence-electron chi connectivity index (χ3n) is 3.74.